The fourth-order valence-electron chi connectivity index (χ4n) is 0.783. The number of nitrogens with zero attached hydrogens (tertiary/aromatic N) is 1. The molecule has 2 N–H and O–H groups in total. The minimum absolute atomic E-state index is 0.0463. The molecule has 0 aromatic rings. The molecule has 0 spiro atoms. The molecular formula is C7H13NO3. The molecule has 0 heterocycles. The first-order valence-electron chi connectivity index (χ1n) is 3.54. The Bertz CT molecular complexity index is 126. The smallest absolute Gasteiger partial charge is 0.0995 e. The molecule has 4 nitrogen and oxygen atoms in total. The highest BCUT2D eigenvalue weighted by Crippen LogP contribution is 2.04. The van der Waals surface area contributed by atoms with Crippen LogP contribution in [0.2, 0.25) is 0 Å². The van der Waals surface area contributed by atoms with E-state index in [0.717, 1.165) is 5.57 Å². The average Bonchev–Trinajstić information content (AvgIpc) is 2.01. The summed E-state index contributed by atoms with van der Waals surface area (Å²) >= 11 is 0. The summed E-state index contributed by atoms with van der Waals surface area (Å²) in [6.07, 6.45) is 2.66. The summed E-state index contributed by atoms with van der Waals surface area (Å²) < 4.78 is 0. The molecule has 0 atom stereocenters. The number of aliphatic hydroxyl groups is 2. The fraction of sp³-hybridized carbons (Fsp3) is 0.714. The van der Waals surface area contributed by atoms with Crippen LogP contribution in [0.1, 0.15) is 12.8 Å². The van der Waals surface area contributed by atoms with Gasteiger partial charge in [0, 0.05) is 13.2 Å². The number of hydrogen-bond donors (Lipinski definition) is 2. The largest absolute Gasteiger partial charge is 0.396 e. The maximum absolute atomic E-state index is 9.70. The third kappa shape index (κ3) is 5.69. The van der Waals surface area contributed by atoms with E-state index < -0.39 is 0 Å². The molecule has 0 fully saturated rings. The molecule has 11 heavy (non-hydrogen) atoms. The summed E-state index contributed by atoms with van der Waals surface area (Å²) in [7, 11) is 0. The Morgan fingerprint density at radius 3 is 2.18 bits per heavy atom. The predicted molar refractivity (Wildman–Crippen MR) is 42.2 cm³/mol. The number of rotatable bonds is 6. The van der Waals surface area contributed by atoms with E-state index in [9.17, 15) is 4.91 Å². The van der Waals surface area contributed by atoms with Crippen LogP contribution in [0.25, 0.3) is 0 Å². The van der Waals surface area contributed by atoms with Gasteiger partial charge in [0.15, 0.2) is 0 Å². The summed E-state index contributed by atoms with van der Waals surface area (Å²) in [5.74, 6) is 0. The van der Waals surface area contributed by atoms with Gasteiger partial charge in [0.1, 0.15) is 0 Å². The third-order valence-electron chi connectivity index (χ3n) is 1.32. The van der Waals surface area contributed by atoms with Crippen molar-refractivity contribution in [3.05, 3.63) is 16.6 Å². The van der Waals surface area contributed by atoms with Gasteiger partial charge >= 0.3 is 0 Å². The van der Waals surface area contributed by atoms with Crippen LogP contribution >= 0.6 is 0 Å². The molecule has 0 aromatic heterocycles. The zero-order valence-electron chi connectivity index (χ0n) is 6.36. The van der Waals surface area contributed by atoms with Crippen LogP contribution in [-0.4, -0.2) is 30.0 Å². The molecule has 0 aromatic carbocycles. The minimum Gasteiger partial charge on any atom is -0.396 e. The Morgan fingerprint density at radius 2 is 1.82 bits per heavy atom. The number of hydrogen-bond acceptors (Lipinski definition) is 4. The highest BCUT2D eigenvalue weighted by molar-refractivity contribution is 5.02. The van der Waals surface area contributed by atoms with Crippen LogP contribution < -0.4 is 0 Å². The van der Waals surface area contributed by atoms with Crippen LogP contribution in [0, 0.1) is 4.91 Å². The van der Waals surface area contributed by atoms with E-state index in [1.807, 2.05) is 0 Å². The minimum atomic E-state index is 0.0463. The van der Waals surface area contributed by atoms with Crippen molar-refractivity contribution >= 4 is 0 Å². The summed E-state index contributed by atoms with van der Waals surface area (Å²) in [5.41, 5.74) is 0.884. The van der Waals surface area contributed by atoms with Crippen LogP contribution in [-0.2, 0) is 0 Å². The van der Waals surface area contributed by atoms with Gasteiger partial charge in [0.2, 0.25) is 0 Å². The molecule has 0 saturated heterocycles. The summed E-state index contributed by atoms with van der Waals surface area (Å²) in [6, 6.07) is 0. The Balaban J connectivity index is 3.74. The van der Waals surface area contributed by atoms with Gasteiger partial charge < -0.3 is 10.2 Å². The molecule has 0 bridgehead atoms. The highest BCUT2D eigenvalue weighted by Gasteiger charge is 1.94. The zero-order chi connectivity index (χ0) is 8.53. The van der Waals surface area contributed by atoms with Gasteiger partial charge in [-0.3, -0.25) is 0 Å². The van der Waals surface area contributed by atoms with E-state index >= 15 is 0 Å². The van der Waals surface area contributed by atoms with Gasteiger partial charge in [-0.2, -0.15) is 4.91 Å². The van der Waals surface area contributed by atoms with Crippen LogP contribution in [0.15, 0.2) is 16.8 Å². The molecule has 0 aliphatic carbocycles. The molecule has 64 valence electrons. The average molecular weight is 159 g/mol. The standard InChI is InChI=1S/C7H13NO3/c9-5-2-7(3-6-10)1-4-8-11/h1,9-10H,2-6H2. The van der Waals surface area contributed by atoms with E-state index in [-0.39, 0.29) is 19.8 Å². The van der Waals surface area contributed by atoms with Crippen molar-refractivity contribution in [3.8, 4) is 0 Å². The van der Waals surface area contributed by atoms with Gasteiger partial charge in [-0.1, -0.05) is 16.8 Å². The van der Waals surface area contributed by atoms with E-state index in [1.165, 1.54) is 0 Å². The van der Waals surface area contributed by atoms with Crippen molar-refractivity contribution < 1.29 is 10.2 Å². The van der Waals surface area contributed by atoms with Crippen LogP contribution in [0.5, 0.6) is 0 Å². The quantitative estimate of drug-likeness (QED) is 0.436. The topological polar surface area (TPSA) is 69.9 Å². The van der Waals surface area contributed by atoms with Crippen LogP contribution in [0.4, 0.5) is 0 Å². The second-order valence-electron chi connectivity index (χ2n) is 2.12. The Morgan fingerprint density at radius 1 is 1.27 bits per heavy atom. The first kappa shape index (κ1) is 10.3. The second kappa shape index (κ2) is 7.37. The van der Waals surface area contributed by atoms with Crippen molar-refractivity contribution in [2.75, 3.05) is 19.8 Å². The van der Waals surface area contributed by atoms with Crippen molar-refractivity contribution in [2.24, 2.45) is 5.18 Å². The third-order valence-corrected chi connectivity index (χ3v) is 1.32. The molecule has 0 unspecified atom stereocenters. The molecule has 0 saturated carbocycles. The summed E-state index contributed by atoms with van der Waals surface area (Å²) in [4.78, 5) is 9.70. The van der Waals surface area contributed by atoms with Crippen molar-refractivity contribution in [1.82, 2.24) is 0 Å². The molecular weight excluding hydrogens is 146 g/mol. The van der Waals surface area contributed by atoms with Crippen molar-refractivity contribution in [1.29, 1.82) is 0 Å². The van der Waals surface area contributed by atoms with E-state index in [4.69, 9.17) is 10.2 Å². The molecule has 0 aliphatic heterocycles. The van der Waals surface area contributed by atoms with Crippen molar-refractivity contribution in [2.45, 2.75) is 12.8 Å². The van der Waals surface area contributed by atoms with E-state index in [2.05, 4.69) is 5.18 Å². The number of aliphatic hydroxyl groups excluding tert-OH is 2. The molecule has 4 heteroatoms. The predicted octanol–water partition coefficient (Wildman–Crippen LogP) is 0.444. The lowest BCUT2D eigenvalue weighted by atomic mass is 10.1. The Labute approximate surface area is 65.5 Å². The molecule has 0 amide bonds. The lowest BCUT2D eigenvalue weighted by molar-refractivity contribution is 0.280. The Hall–Kier alpha value is -0.740. The van der Waals surface area contributed by atoms with Gasteiger partial charge in [-0.25, -0.2) is 0 Å². The second-order valence-corrected chi connectivity index (χ2v) is 2.12. The normalized spacial score (nSPS) is 9.27. The Kier molecular flexibility index (Phi) is 6.87. The summed E-state index contributed by atoms with van der Waals surface area (Å²) in [6.45, 7) is 0.213. The van der Waals surface area contributed by atoms with Gasteiger partial charge in [-0.05, 0) is 12.8 Å². The summed E-state index contributed by atoms with van der Waals surface area (Å²) in [5, 5.41) is 19.7. The fourth-order valence-corrected chi connectivity index (χ4v) is 0.783. The van der Waals surface area contributed by atoms with Gasteiger partial charge in [0.05, 0.1) is 6.54 Å². The van der Waals surface area contributed by atoms with E-state index in [0.29, 0.717) is 12.8 Å². The molecule has 0 aliphatic rings. The first-order valence-corrected chi connectivity index (χ1v) is 3.54. The SMILES string of the molecule is O=NCC=C(CCO)CCO. The van der Waals surface area contributed by atoms with Gasteiger partial charge in [0.25, 0.3) is 0 Å². The molecule has 0 radical (unpaired) electrons. The first-order chi connectivity index (χ1) is 5.35. The van der Waals surface area contributed by atoms with Gasteiger partial charge in [-0.15, -0.1) is 0 Å². The zero-order valence-corrected chi connectivity index (χ0v) is 6.36. The van der Waals surface area contributed by atoms with Crippen molar-refractivity contribution in [3.63, 3.8) is 0 Å². The number of nitroso groups, excluding NO2 is 1. The monoisotopic (exact) mass is 159 g/mol. The maximum Gasteiger partial charge on any atom is 0.0995 e. The highest BCUT2D eigenvalue weighted by atomic mass is 16.3. The van der Waals surface area contributed by atoms with E-state index in [1.54, 1.807) is 6.08 Å². The lowest BCUT2D eigenvalue weighted by Gasteiger charge is -2.00. The molecule has 0 rings (SSSR count). The maximum atomic E-state index is 9.70. The lowest BCUT2D eigenvalue weighted by Crippen LogP contribution is -1.93. The van der Waals surface area contributed by atoms with Crippen LogP contribution in [0.3, 0.4) is 0 Å².